The van der Waals surface area contributed by atoms with Gasteiger partial charge in [0.15, 0.2) is 0 Å². The zero-order valence-corrected chi connectivity index (χ0v) is 23.1. The Hall–Kier alpha value is -4.32. The molecule has 0 bridgehead atoms. The second-order valence-corrected chi connectivity index (χ2v) is 10.2. The standard InChI is InChI=1S/C33H37N5O/c1-4-5-11-27-15-12-23(2)18-29(27)35-20-26-14-16-28-31(19-26)38(33(34)37-28)21-30-32(17-13-24(3)36-30)39-22-25-9-7-6-8-10-25/h6-10,12-19,35H,4-5,11,20-22H2,1-3H3,(H2,34,37). The SMILES string of the molecule is CCCCc1ccc(C)cc1NCc1ccc2nc(N)n(Cc3nc(C)ccc3OCc3ccccc3)c2c1. The summed E-state index contributed by atoms with van der Waals surface area (Å²) in [7, 11) is 0. The van der Waals surface area contributed by atoms with E-state index in [4.69, 9.17) is 15.5 Å². The molecule has 200 valence electrons. The number of nitrogens with one attached hydrogen (secondary N) is 1. The Balaban J connectivity index is 1.38. The van der Waals surface area contributed by atoms with E-state index in [1.165, 1.54) is 35.2 Å². The van der Waals surface area contributed by atoms with Crippen molar-refractivity contribution in [2.75, 3.05) is 11.1 Å². The van der Waals surface area contributed by atoms with E-state index in [-0.39, 0.29) is 0 Å². The predicted octanol–water partition coefficient (Wildman–Crippen LogP) is 7.21. The first-order chi connectivity index (χ1) is 19.0. The Kier molecular flexibility index (Phi) is 8.11. The van der Waals surface area contributed by atoms with Crippen LogP contribution in [0.2, 0.25) is 0 Å². The minimum Gasteiger partial charge on any atom is -0.487 e. The summed E-state index contributed by atoms with van der Waals surface area (Å²) in [5.41, 5.74) is 16.2. The lowest BCUT2D eigenvalue weighted by molar-refractivity contribution is 0.300. The molecule has 3 N–H and O–H groups in total. The lowest BCUT2D eigenvalue weighted by Crippen LogP contribution is -2.09. The maximum absolute atomic E-state index is 6.42. The number of unbranched alkanes of at least 4 members (excludes halogenated alkanes) is 1. The van der Waals surface area contributed by atoms with Gasteiger partial charge in [-0.15, -0.1) is 0 Å². The smallest absolute Gasteiger partial charge is 0.201 e. The predicted molar refractivity (Wildman–Crippen MR) is 160 cm³/mol. The molecule has 0 aliphatic rings. The van der Waals surface area contributed by atoms with Crippen molar-refractivity contribution in [3.05, 3.63) is 113 Å². The summed E-state index contributed by atoms with van der Waals surface area (Å²) in [5, 5.41) is 3.68. The molecule has 5 aromatic rings. The van der Waals surface area contributed by atoms with Crippen LogP contribution in [0.3, 0.4) is 0 Å². The normalized spacial score (nSPS) is 11.2. The summed E-state index contributed by atoms with van der Waals surface area (Å²) in [6.07, 6.45) is 3.45. The number of fused-ring (bicyclic) bond motifs is 1. The highest BCUT2D eigenvalue weighted by atomic mass is 16.5. The van der Waals surface area contributed by atoms with Gasteiger partial charge in [0.25, 0.3) is 0 Å². The molecule has 0 unspecified atom stereocenters. The van der Waals surface area contributed by atoms with Crippen LogP contribution in [0.1, 0.15) is 53.4 Å². The fraction of sp³-hybridized carbons (Fsp3) is 0.273. The Morgan fingerprint density at radius 3 is 2.56 bits per heavy atom. The number of ether oxygens (including phenoxy) is 1. The van der Waals surface area contributed by atoms with E-state index in [0.29, 0.717) is 19.1 Å². The van der Waals surface area contributed by atoms with Gasteiger partial charge in [-0.1, -0.05) is 61.9 Å². The first-order valence-corrected chi connectivity index (χ1v) is 13.7. The van der Waals surface area contributed by atoms with Crippen molar-refractivity contribution in [3.8, 4) is 5.75 Å². The Bertz CT molecular complexity index is 1560. The summed E-state index contributed by atoms with van der Waals surface area (Å²) < 4.78 is 8.22. The van der Waals surface area contributed by atoms with Gasteiger partial charge in [-0.2, -0.15) is 0 Å². The molecule has 3 aromatic carbocycles. The first-order valence-electron chi connectivity index (χ1n) is 13.7. The van der Waals surface area contributed by atoms with E-state index in [2.05, 4.69) is 66.6 Å². The van der Waals surface area contributed by atoms with Crippen molar-refractivity contribution in [3.63, 3.8) is 0 Å². The Labute approximate surface area is 230 Å². The van der Waals surface area contributed by atoms with Gasteiger partial charge >= 0.3 is 0 Å². The molecule has 2 heterocycles. The number of nitrogens with two attached hydrogens (primary N) is 1. The molecule has 6 nitrogen and oxygen atoms in total. The lowest BCUT2D eigenvalue weighted by Gasteiger charge is -2.15. The van der Waals surface area contributed by atoms with Crippen LogP contribution < -0.4 is 15.8 Å². The van der Waals surface area contributed by atoms with Crippen molar-refractivity contribution in [1.29, 1.82) is 0 Å². The van der Waals surface area contributed by atoms with Gasteiger partial charge in [-0.05, 0) is 79.3 Å². The van der Waals surface area contributed by atoms with Gasteiger partial charge < -0.3 is 20.4 Å². The van der Waals surface area contributed by atoms with Crippen molar-refractivity contribution in [2.24, 2.45) is 0 Å². The topological polar surface area (TPSA) is 78.0 Å². The van der Waals surface area contributed by atoms with Crippen LogP contribution in [0, 0.1) is 13.8 Å². The molecule has 0 saturated carbocycles. The molecule has 0 radical (unpaired) electrons. The largest absolute Gasteiger partial charge is 0.487 e. The quantitative estimate of drug-likeness (QED) is 0.193. The molecule has 0 aliphatic heterocycles. The summed E-state index contributed by atoms with van der Waals surface area (Å²) in [6, 6.07) is 27.1. The summed E-state index contributed by atoms with van der Waals surface area (Å²) >= 11 is 0. The molecule has 0 saturated heterocycles. The third kappa shape index (κ3) is 6.40. The highest BCUT2D eigenvalue weighted by Crippen LogP contribution is 2.26. The number of benzene rings is 3. The second-order valence-electron chi connectivity index (χ2n) is 10.2. The number of aryl methyl sites for hydroxylation is 3. The van der Waals surface area contributed by atoms with Crippen molar-refractivity contribution in [2.45, 2.75) is 59.7 Å². The maximum atomic E-state index is 6.42. The number of rotatable bonds is 11. The number of pyridine rings is 1. The van der Waals surface area contributed by atoms with Gasteiger partial charge in [0.2, 0.25) is 5.95 Å². The van der Waals surface area contributed by atoms with E-state index in [0.717, 1.165) is 46.7 Å². The molecule has 6 heteroatoms. The van der Waals surface area contributed by atoms with E-state index in [9.17, 15) is 0 Å². The molecule has 0 amide bonds. The fourth-order valence-corrected chi connectivity index (χ4v) is 4.83. The molecular weight excluding hydrogens is 482 g/mol. The van der Waals surface area contributed by atoms with Gasteiger partial charge in [-0.3, -0.25) is 4.98 Å². The van der Waals surface area contributed by atoms with E-state index < -0.39 is 0 Å². The summed E-state index contributed by atoms with van der Waals surface area (Å²) in [5.74, 6) is 1.22. The highest BCUT2D eigenvalue weighted by Gasteiger charge is 2.14. The maximum Gasteiger partial charge on any atom is 0.201 e. The molecular formula is C33H37N5O. The van der Waals surface area contributed by atoms with Gasteiger partial charge in [0.05, 0.1) is 17.6 Å². The van der Waals surface area contributed by atoms with Crippen LogP contribution in [0.4, 0.5) is 11.6 Å². The minimum absolute atomic E-state index is 0.466. The fourth-order valence-electron chi connectivity index (χ4n) is 4.83. The van der Waals surface area contributed by atoms with Crippen LogP contribution >= 0.6 is 0 Å². The third-order valence-corrected chi connectivity index (χ3v) is 7.01. The first kappa shape index (κ1) is 26.3. The molecule has 0 atom stereocenters. The molecule has 2 aromatic heterocycles. The summed E-state index contributed by atoms with van der Waals surface area (Å²) in [4.78, 5) is 9.43. The average Bonchev–Trinajstić information content (AvgIpc) is 3.25. The van der Waals surface area contributed by atoms with Gasteiger partial charge in [0, 0.05) is 17.9 Å². The van der Waals surface area contributed by atoms with Crippen molar-refractivity contribution in [1.82, 2.24) is 14.5 Å². The molecule has 0 aliphatic carbocycles. The number of nitrogens with zero attached hydrogens (tertiary/aromatic N) is 3. The van der Waals surface area contributed by atoms with E-state index in [1.54, 1.807) is 0 Å². The average molecular weight is 520 g/mol. The number of aromatic nitrogens is 3. The van der Waals surface area contributed by atoms with Crippen LogP contribution in [0.25, 0.3) is 11.0 Å². The van der Waals surface area contributed by atoms with Crippen LogP contribution in [-0.4, -0.2) is 14.5 Å². The number of hydrogen-bond donors (Lipinski definition) is 2. The van der Waals surface area contributed by atoms with Gasteiger partial charge in [0.1, 0.15) is 18.1 Å². The zero-order valence-electron chi connectivity index (χ0n) is 23.1. The van der Waals surface area contributed by atoms with E-state index in [1.807, 2.05) is 47.9 Å². The molecule has 0 spiro atoms. The second kappa shape index (κ2) is 12.0. The number of imidazole rings is 1. The van der Waals surface area contributed by atoms with Crippen LogP contribution in [0.15, 0.2) is 78.9 Å². The van der Waals surface area contributed by atoms with Crippen molar-refractivity contribution >= 4 is 22.7 Å². The van der Waals surface area contributed by atoms with E-state index >= 15 is 0 Å². The number of nitrogen functional groups attached to an aromatic ring is 1. The Morgan fingerprint density at radius 2 is 1.74 bits per heavy atom. The van der Waals surface area contributed by atoms with Gasteiger partial charge in [-0.25, -0.2) is 4.98 Å². The van der Waals surface area contributed by atoms with Crippen molar-refractivity contribution < 1.29 is 4.74 Å². The molecule has 0 fully saturated rings. The molecule has 5 rings (SSSR count). The summed E-state index contributed by atoms with van der Waals surface area (Å²) in [6.45, 7) is 8.04. The van der Waals surface area contributed by atoms with Crippen LogP contribution in [0.5, 0.6) is 5.75 Å². The minimum atomic E-state index is 0.466. The third-order valence-electron chi connectivity index (χ3n) is 7.01. The lowest BCUT2D eigenvalue weighted by atomic mass is 10.0. The number of hydrogen-bond acceptors (Lipinski definition) is 5. The molecule has 39 heavy (non-hydrogen) atoms. The number of anilines is 2. The zero-order chi connectivity index (χ0) is 27.2. The van der Waals surface area contributed by atoms with Crippen LogP contribution in [-0.2, 0) is 26.1 Å². The highest BCUT2D eigenvalue weighted by molar-refractivity contribution is 5.79. The monoisotopic (exact) mass is 519 g/mol. The Morgan fingerprint density at radius 1 is 0.897 bits per heavy atom.